The van der Waals surface area contributed by atoms with Gasteiger partial charge in [0, 0.05) is 17.8 Å². The van der Waals surface area contributed by atoms with Gasteiger partial charge in [-0.05, 0) is 43.2 Å². The van der Waals surface area contributed by atoms with Crippen molar-refractivity contribution in [2.45, 2.75) is 31.7 Å². The van der Waals surface area contributed by atoms with Crippen LogP contribution in [0.4, 0.5) is 5.69 Å². The highest BCUT2D eigenvalue weighted by atomic mass is 16.5. The fourth-order valence-electron chi connectivity index (χ4n) is 3.56. The maximum atomic E-state index is 5.34. The zero-order valence-corrected chi connectivity index (χ0v) is 11.1. The van der Waals surface area contributed by atoms with E-state index in [0.717, 1.165) is 29.0 Å². The highest BCUT2D eigenvalue weighted by molar-refractivity contribution is 5.55. The predicted molar refractivity (Wildman–Crippen MR) is 72.4 cm³/mol. The van der Waals surface area contributed by atoms with Gasteiger partial charge in [-0.3, -0.25) is 0 Å². The van der Waals surface area contributed by atoms with Crippen molar-refractivity contribution in [3.05, 3.63) is 18.2 Å². The van der Waals surface area contributed by atoms with Gasteiger partial charge in [0.25, 0.3) is 0 Å². The molecule has 1 aromatic carbocycles. The molecule has 3 atom stereocenters. The molecule has 98 valence electrons. The van der Waals surface area contributed by atoms with Crippen LogP contribution in [0.5, 0.6) is 11.5 Å². The van der Waals surface area contributed by atoms with Crippen molar-refractivity contribution in [1.29, 1.82) is 0 Å². The van der Waals surface area contributed by atoms with E-state index >= 15 is 0 Å². The van der Waals surface area contributed by atoms with Crippen LogP contribution in [0.2, 0.25) is 0 Å². The van der Waals surface area contributed by atoms with Gasteiger partial charge in [-0.1, -0.05) is 6.42 Å². The van der Waals surface area contributed by atoms with Gasteiger partial charge in [-0.15, -0.1) is 0 Å². The van der Waals surface area contributed by atoms with Crippen molar-refractivity contribution < 1.29 is 9.47 Å². The highest BCUT2D eigenvalue weighted by Crippen LogP contribution is 2.45. The zero-order valence-electron chi connectivity index (χ0n) is 11.1. The number of hydrogen-bond acceptors (Lipinski definition) is 3. The summed E-state index contributed by atoms with van der Waals surface area (Å²) in [7, 11) is 3.35. The van der Waals surface area contributed by atoms with Gasteiger partial charge in [0.05, 0.1) is 14.2 Å². The molecular weight excluding hydrogens is 226 g/mol. The Balaban J connectivity index is 1.73. The first kappa shape index (κ1) is 11.7. The molecule has 3 nitrogen and oxygen atoms in total. The van der Waals surface area contributed by atoms with Crippen LogP contribution in [0, 0.1) is 11.8 Å². The lowest BCUT2D eigenvalue weighted by Crippen LogP contribution is -2.25. The highest BCUT2D eigenvalue weighted by Gasteiger charge is 2.39. The third-order valence-corrected chi connectivity index (χ3v) is 4.47. The SMILES string of the molecule is COc1ccc(N[C@H]2C[C@H]3CC[C@@H]2C3)cc1OC. The van der Waals surface area contributed by atoms with Crippen LogP contribution in [0.15, 0.2) is 18.2 Å². The molecule has 1 N–H and O–H groups in total. The van der Waals surface area contributed by atoms with E-state index in [1.54, 1.807) is 14.2 Å². The summed E-state index contributed by atoms with van der Waals surface area (Å²) in [4.78, 5) is 0. The Labute approximate surface area is 108 Å². The van der Waals surface area contributed by atoms with Gasteiger partial charge < -0.3 is 14.8 Å². The van der Waals surface area contributed by atoms with E-state index in [4.69, 9.17) is 9.47 Å². The van der Waals surface area contributed by atoms with Crippen LogP contribution in [-0.2, 0) is 0 Å². The lowest BCUT2D eigenvalue weighted by atomic mass is 9.95. The molecule has 0 saturated heterocycles. The molecule has 2 bridgehead atoms. The first-order valence-corrected chi connectivity index (χ1v) is 6.78. The lowest BCUT2D eigenvalue weighted by molar-refractivity contribution is 0.355. The van der Waals surface area contributed by atoms with Crippen LogP contribution in [0.25, 0.3) is 0 Å². The monoisotopic (exact) mass is 247 g/mol. The van der Waals surface area contributed by atoms with E-state index in [9.17, 15) is 0 Å². The Bertz CT molecular complexity index is 433. The summed E-state index contributed by atoms with van der Waals surface area (Å²) in [6, 6.07) is 6.73. The quantitative estimate of drug-likeness (QED) is 0.885. The maximum Gasteiger partial charge on any atom is 0.162 e. The van der Waals surface area contributed by atoms with Crippen molar-refractivity contribution in [3.63, 3.8) is 0 Å². The summed E-state index contributed by atoms with van der Waals surface area (Å²) in [5, 5.41) is 3.66. The average Bonchev–Trinajstić information content (AvgIpc) is 3.01. The van der Waals surface area contributed by atoms with E-state index in [0.29, 0.717) is 6.04 Å². The van der Waals surface area contributed by atoms with Crippen molar-refractivity contribution >= 4 is 5.69 Å². The van der Waals surface area contributed by atoms with E-state index in [1.165, 1.54) is 25.7 Å². The summed E-state index contributed by atoms with van der Waals surface area (Å²) < 4.78 is 10.6. The van der Waals surface area contributed by atoms with Gasteiger partial charge in [-0.2, -0.15) is 0 Å². The number of methoxy groups -OCH3 is 2. The molecule has 2 saturated carbocycles. The Morgan fingerprint density at radius 1 is 1.06 bits per heavy atom. The second-order valence-electron chi connectivity index (χ2n) is 5.50. The molecular formula is C15H21NO2. The number of hydrogen-bond donors (Lipinski definition) is 1. The Hall–Kier alpha value is -1.38. The third kappa shape index (κ3) is 2.02. The molecule has 3 heteroatoms. The van der Waals surface area contributed by atoms with Crippen molar-refractivity contribution in [2.24, 2.45) is 11.8 Å². The number of nitrogens with one attached hydrogen (secondary N) is 1. The number of anilines is 1. The molecule has 1 aromatic rings. The van der Waals surface area contributed by atoms with Crippen LogP contribution >= 0.6 is 0 Å². The summed E-state index contributed by atoms with van der Waals surface area (Å²) in [6.07, 6.45) is 5.59. The molecule has 0 amide bonds. The van der Waals surface area contributed by atoms with Crippen LogP contribution in [-0.4, -0.2) is 20.3 Å². The van der Waals surface area contributed by atoms with Crippen molar-refractivity contribution in [2.75, 3.05) is 19.5 Å². The van der Waals surface area contributed by atoms with E-state index < -0.39 is 0 Å². The Morgan fingerprint density at radius 3 is 2.50 bits per heavy atom. The first-order valence-electron chi connectivity index (χ1n) is 6.78. The fraction of sp³-hybridized carbons (Fsp3) is 0.600. The van der Waals surface area contributed by atoms with E-state index in [-0.39, 0.29) is 0 Å². The second kappa shape index (κ2) is 4.71. The molecule has 3 rings (SSSR count). The fourth-order valence-corrected chi connectivity index (χ4v) is 3.56. The Morgan fingerprint density at radius 2 is 1.89 bits per heavy atom. The standard InChI is InChI=1S/C15H21NO2/c1-17-14-6-5-12(9-15(14)18-2)16-13-8-10-3-4-11(13)7-10/h5-6,9-11,13,16H,3-4,7-8H2,1-2H3/t10-,11+,13-/m0/s1. The first-order chi connectivity index (χ1) is 8.80. The molecule has 0 spiro atoms. The van der Waals surface area contributed by atoms with Gasteiger partial charge in [0.2, 0.25) is 0 Å². The van der Waals surface area contributed by atoms with Gasteiger partial charge in [0.15, 0.2) is 11.5 Å². The number of ether oxygens (including phenoxy) is 2. The van der Waals surface area contributed by atoms with Crippen LogP contribution < -0.4 is 14.8 Å². The maximum absolute atomic E-state index is 5.34. The molecule has 0 unspecified atom stereocenters. The number of fused-ring (bicyclic) bond motifs is 2. The number of rotatable bonds is 4. The minimum absolute atomic E-state index is 0.654. The van der Waals surface area contributed by atoms with Crippen LogP contribution in [0.3, 0.4) is 0 Å². The summed E-state index contributed by atoms with van der Waals surface area (Å²) in [5.74, 6) is 3.43. The van der Waals surface area contributed by atoms with E-state index in [1.807, 2.05) is 12.1 Å². The molecule has 0 heterocycles. The molecule has 2 fully saturated rings. The molecule has 0 radical (unpaired) electrons. The van der Waals surface area contributed by atoms with Gasteiger partial charge >= 0.3 is 0 Å². The zero-order chi connectivity index (χ0) is 12.5. The van der Waals surface area contributed by atoms with Gasteiger partial charge in [0.1, 0.15) is 0 Å². The van der Waals surface area contributed by atoms with Gasteiger partial charge in [-0.25, -0.2) is 0 Å². The lowest BCUT2D eigenvalue weighted by Gasteiger charge is -2.24. The van der Waals surface area contributed by atoms with E-state index in [2.05, 4.69) is 11.4 Å². The van der Waals surface area contributed by atoms with Crippen LogP contribution in [0.1, 0.15) is 25.7 Å². The predicted octanol–water partition coefficient (Wildman–Crippen LogP) is 3.30. The molecule has 0 aromatic heterocycles. The summed E-state index contributed by atoms with van der Waals surface area (Å²) in [5.41, 5.74) is 1.14. The number of benzene rings is 1. The second-order valence-corrected chi connectivity index (χ2v) is 5.50. The molecule has 2 aliphatic rings. The topological polar surface area (TPSA) is 30.5 Å². The minimum Gasteiger partial charge on any atom is -0.493 e. The van der Waals surface area contributed by atoms with Crippen molar-refractivity contribution in [1.82, 2.24) is 0 Å². The Kier molecular flexibility index (Phi) is 3.06. The molecule has 18 heavy (non-hydrogen) atoms. The summed E-state index contributed by atoms with van der Waals surface area (Å²) in [6.45, 7) is 0. The third-order valence-electron chi connectivity index (χ3n) is 4.47. The smallest absolute Gasteiger partial charge is 0.162 e. The minimum atomic E-state index is 0.654. The molecule has 0 aliphatic heterocycles. The summed E-state index contributed by atoms with van der Waals surface area (Å²) >= 11 is 0. The average molecular weight is 247 g/mol. The largest absolute Gasteiger partial charge is 0.493 e. The van der Waals surface area contributed by atoms with Crippen molar-refractivity contribution in [3.8, 4) is 11.5 Å². The molecule has 2 aliphatic carbocycles. The normalized spacial score (nSPS) is 29.3.